The van der Waals surface area contributed by atoms with Crippen LogP contribution >= 0.6 is 0 Å². The molecule has 4 N–H and O–H groups in total. The molecule has 17 heavy (non-hydrogen) atoms. The van der Waals surface area contributed by atoms with Crippen molar-refractivity contribution in [3.05, 3.63) is 24.3 Å². The Bertz CT molecular complexity index is 444. The zero-order valence-electron chi connectivity index (χ0n) is 9.46. The Balaban J connectivity index is 2.33. The molecule has 0 saturated carbocycles. The van der Waals surface area contributed by atoms with Gasteiger partial charge in [0.2, 0.25) is 10.0 Å². The third-order valence-corrected chi connectivity index (χ3v) is 2.59. The van der Waals surface area contributed by atoms with Gasteiger partial charge in [0.25, 0.3) is 0 Å². The van der Waals surface area contributed by atoms with Crippen molar-refractivity contribution in [2.24, 2.45) is 0 Å². The number of hydrogen-bond acceptors (Lipinski definition) is 5. The average molecular weight is 260 g/mol. The van der Waals surface area contributed by atoms with Gasteiger partial charge in [0, 0.05) is 12.2 Å². The molecule has 0 aliphatic carbocycles. The van der Waals surface area contributed by atoms with Gasteiger partial charge in [-0.05, 0) is 24.3 Å². The van der Waals surface area contributed by atoms with Crippen molar-refractivity contribution in [1.82, 2.24) is 4.72 Å². The van der Waals surface area contributed by atoms with Crippen molar-refractivity contribution in [3.63, 3.8) is 0 Å². The van der Waals surface area contributed by atoms with Gasteiger partial charge in [-0.2, -0.15) is 0 Å². The van der Waals surface area contributed by atoms with Crippen LogP contribution in [0.3, 0.4) is 0 Å². The van der Waals surface area contributed by atoms with E-state index in [1.165, 1.54) is 0 Å². The molecule has 6 nitrogen and oxygen atoms in total. The summed E-state index contributed by atoms with van der Waals surface area (Å²) in [6.45, 7) is -0.0692. The fraction of sp³-hybridized carbons (Fsp3) is 0.400. The number of ether oxygens (including phenoxy) is 1. The topological polar surface area (TPSA) is 102 Å². The van der Waals surface area contributed by atoms with E-state index in [4.69, 9.17) is 10.5 Å². The Labute approximate surface area is 100 Å². The zero-order valence-corrected chi connectivity index (χ0v) is 10.3. The smallest absolute Gasteiger partial charge is 0.208 e. The lowest BCUT2D eigenvalue weighted by Gasteiger charge is -2.12. The highest BCUT2D eigenvalue weighted by Crippen LogP contribution is 2.13. The van der Waals surface area contributed by atoms with Crippen LogP contribution in [-0.2, 0) is 10.0 Å². The summed E-state index contributed by atoms with van der Waals surface area (Å²) >= 11 is 0. The van der Waals surface area contributed by atoms with Crippen molar-refractivity contribution in [2.45, 2.75) is 6.10 Å². The SMILES string of the molecule is CS(=O)(=O)NCC(O)COc1ccc(N)cc1. The third kappa shape index (κ3) is 6.10. The molecule has 0 fully saturated rings. The van der Waals surface area contributed by atoms with Crippen molar-refractivity contribution in [2.75, 3.05) is 25.1 Å². The first-order valence-electron chi connectivity index (χ1n) is 4.98. The van der Waals surface area contributed by atoms with Crippen molar-refractivity contribution in [1.29, 1.82) is 0 Å². The molecule has 0 saturated heterocycles. The van der Waals surface area contributed by atoms with Crippen LogP contribution < -0.4 is 15.2 Å². The minimum Gasteiger partial charge on any atom is -0.491 e. The van der Waals surface area contributed by atoms with Crippen molar-refractivity contribution >= 4 is 15.7 Å². The van der Waals surface area contributed by atoms with Gasteiger partial charge in [-0.15, -0.1) is 0 Å². The number of hydrogen-bond donors (Lipinski definition) is 3. The van der Waals surface area contributed by atoms with Crippen LogP contribution in [0.25, 0.3) is 0 Å². The van der Waals surface area contributed by atoms with E-state index in [1.54, 1.807) is 24.3 Å². The monoisotopic (exact) mass is 260 g/mol. The largest absolute Gasteiger partial charge is 0.491 e. The Morgan fingerprint density at radius 3 is 2.53 bits per heavy atom. The second-order valence-electron chi connectivity index (χ2n) is 3.65. The standard InChI is InChI=1S/C10H16N2O4S/c1-17(14,15)12-6-9(13)7-16-10-4-2-8(11)3-5-10/h2-5,9,12-13H,6-7,11H2,1H3. The van der Waals surface area contributed by atoms with Crippen LogP contribution in [0.2, 0.25) is 0 Å². The number of nitrogens with two attached hydrogens (primary N) is 1. The Morgan fingerprint density at radius 1 is 1.41 bits per heavy atom. The highest BCUT2D eigenvalue weighted by molar-refractivity contribution is 7.88. The van der Waals surface area contributed by atoms with Crippen LogP contribution in [0.5, 0.6) is 5.75 Å². The predicted octanol–water partition coefficient (Wildman–Crippen LogP) is -0.442. The summed E-state index contributed by atoms with van der Waals surface area (Å²) in [6.07, 6.45) is 0.128. The predicted molar refractivity (Wildman–Crippen MR) is 65.2 cm³/mol. The van der Waals surface area contributed by atoms with E-state index in [2.05, 4.69) is 4.72 Å². The highest BCUT2D eigenvalue weighted by Gasteiger charge is 2.08. The second kappa shape index (κ2) is 5.85. The van der Waals surface area contributed by atoms with Gasteiger partial charge < -0.3 is 15.6 Å². The summed E-state index contributed by atoms with van der Waals surface area (Å²) in [5, 5.41) is 9.45. The summed E-state index contributed by atoms with van der Waals surface area (Å²) in [6, 6.07) is 6.70. The average Bonchev–Trinajstić information content (AvgIpc) is 2.25. The maximum Gasteiger partial charge on any atom is 0.208 e. The molecule has 1 aromatic carbocycles. The summed E-state index contributed by atoms with van der Waals surface area (Å²) in [7, 11) is -3.29. The number of sulfonamides is 1. The fourth-order valence-corrected chi connectivity index (χ4v) is 1.56. The molecule has 0 radical (unpaired) electrons. The van der Waals surface area contributed by atoms with Gasteiger partial charge in [-0.1, -0.05) is 0 Å². The minimum atomic E-state index is -3.29. The molecular weight excluding hydrogens is 244 g/mol. The lowest BCUT2D eigenvalue weighted by molar-refractivity contribution is 0.111. The number of anilines is 1. The molecule has 1 rings (SSSR count). The van der Waals surface area contributed by atoms with E-state index < -0.39 is 16.1 Å². The van der Waals surface area contributed by atoms with Crippen molar-refractivity contribution < 1.29 is 18.3 Å². The first kappa shape index (κ1) is 13.8. The van der Waals surface area contributed by atoms with E-state index in [0.717, 1.165) is 6.26 Å². The number of aliphatic hydroxyl groups is 1. The van der Waals surface area contributed by atoms with Gasteiger partial charge in [0.1, 0.15) is 18.5 Å². The minimum absolute atomic E-state index is 0.00639. The molecule has 0 aromatic heterocycles. The van der Waals surface area contributed by atoms with Gasteiger partial charge >= 0.3 is 0 Å². The van der Waals surface area contributed by atoms with Crippen molar-refractivity contribution in [3.8, 4) is 5.75 Å². The lowest BCUT2D eigenvalue weighted by atomic mass is 10.3. The Hall–Kier alpha value is -1.31. The molecule has 0 spiro atoms. The number of aliphatic hydroxyl groups excluding tert-OH is 1. The number of rotatable bonds is 6. The molecule has 1 atom stereocenters. The van der Waals surface area contributed by atoms with Crippen LogP contribution in [0, 0.1) is 0 Å². The molecule has 96 valence electrons. The number of nitrogen functional groups attached to an aromatic ring is 1. The molecule has 0 aliphatic heterocycles. The Kier molecular flexibility index (Phi) is 4.73. The highest BCUT2D eigenvalue weighted by atomic mass is 32.2. The number of benzene rings is 1. The molecule has 0 bridgehead atoms. The van der Waals surface area contributed by atoms with Crippen LogP contribution in [0.1, 0.15) is 0 Å². The number of nitrogens with one attached hydrogen (secondary N) is 1. The first-order valence-corrected chi connectivity index (χ1v) is 6.87. The zero-order chi connectivity index (χ0) is 12.9. The third-order valence-electron chi connectivity index (χ3n) is 1.90. The molecule has 0 heterocycles. The van der Waals surface area contributed by atoms with Crippen LogP contribution in [0.4, 0.5) is 5.69 Å². The van der Waals surface area contributed by atoms with E-state index in [-0.39, 0.29) is 13.2 Å². The maximum absolute atomic E-state index is 10.8. The quantitative estimate of drug-likeness (QED) is 0.602. The molecular formula is C10H16N2O4S. The van der Waals surface area contributed by atoms with Gasteiger partial charge in [0.05, 0.1) is 6.26 Å². The fourth-order valence-electron chi connectivity index (χ4n) is 1.06. The van der Waals surface area contributed by atoms with Crippen LogP contribution in [-0.4, -0.2) is 39.0 Å². The van der Waals surface area contributed by atoms with Gasteiger partial charge in [0.15, 0.2) is 0 Å². The summed E-state index contributed by atoms with van der Waals surface area (Å²) in [4.78, 5) is 0. The Morgan fingerprint density at radius 2 is 2.00 bits per heavy atom. The second-order valence-corrected chi connectivity index (χ2v) is 5.49. The van der Waals surface area contributed by atoms with E-state index >= 15 is 0 Å². The van der Waals surface area contributed by atoms with Gasteiger partial charge in [-0.25, -0.2) is 13.1 Å². The summed E-state index contributed by atoms with van der Waals surface area (Å²) in [5.74, 6) is 0.567. The van der Waals surface area contributed by atoms with E-state index in [9.17, 15) is 13.5 Å². The normalized spacial score (nSPS) is 13.3. The molecule has 0 aliphatic rings. The first-order chi connectivity index (χ1) is 7.87. The lowest BCUT2D eigenvalue weighted by Crippen LogP contribution is -2.34. The molecule has 0 amide bonds. The molecule has 1 unspecified atom stereocenters. The summed E-state index contributed by atoms with van der Waals surface area (Å²) < 4.78 is 29.0. The van der Waals surface area contributed by atoms with Crippen LogP contribution in [0.15, 0.2) is 24.3 Å². The van der Waals surface area contributed by atoms with E-state index in [0.29, 0.717) is 11.4 Å². The molecule has 1 aromatic rings. The van der Waals surface area contributed by atoms with Gasteiger partial charge in [-0.3, -0.25) is 0 Å². The van der Waals surface area contributed by atoms with E-state index in [1.807, 2.05) is 0 Å². The maximum atomic E-state index is 10.8. The summed E-state index contributed by atoms with van der Waals surface area (Å²) in [5.41, 5.74) is 6.12. The molecule has 7 heteroatoms.